The van der Waals surface area contributed by atoms with E-state index in [0.29, 0.717) is 50.8 Å². The number of hydrogen-bond acceptors (Lipinski definition) is 4. The van der Waals surface area contributed by atoms with Crippen molar-refractivity contribution in [1.29, 1.82) is 0 Å². The summed E-state index contributed by atoms with van der Waals surface area (Å²) in [4.78, 5) is 22.1. The van der Waals surface area contributed by atoms with Crippen LogP contribution in [0.4, 0.5) is 0 Å². The molecule has 0 N–H and O–H groups in total. The fourth-order valence-corrected chi connectivity index (χ4v) is 2.19. The maximum atomic E-state index is 11.1. The van der Waals surface area contributed by atoms with Gasteiger partial charge in [0, 0.05) is 24.7 Å². The number of Topliss-reactive ketones (excluding diaryl/α,β-unsaturated/α-hetero) is 2. The second-order valence-electron chi connectivity index (χ2n) is 5.03. The molecule has 112 valence electrons. The van der Waals surface area contributed by atoms with Gasteiger partial charge in [-0.3, -0.25) is 9.59 Å². The van der Waals surface area contributed by atoms with Crippen LogP contribution >= 0.6 is 0 Å². The van der Waals surface area contributed by atoms with E-state index in [4.69, 9.17) is 9.47 Å². The Morgan fingerprint density at radius 2 is 1.30 bits per heavy atom. The summed E-state index contributed by atoms with van der Waals surface area (Å²) in [5, 5.41) is 0. The largest absolute Gasteiger partial charge is 0.380 e. The van der Waals surface area contributed by atoms with Crippen LogP contribution in [0, 0.1) is 11.8 Å². The topological polar surface area (TPSA) is 52.6 Å². The average Bonchev–Trinajstić information content (AvgIpc) is 2.45. The molecule has 0 aromatic rings. The van der Waals surface area contributed by atoms with Gasteiger partial charge in [-0.2, -0.15) is 0 Å². The van der Waals surface area contributed by atoms with Crippen LogP contribution in [0.5, 0.6) is 0 Å². The Kier molecular flexibility index (Phi) is 8.07. The maximum Gasteiger partial charge on any atom is 0.140 e. The Morgan fingerprint density at radius 3 is 1.60 bits per heavy atom. The Bertz CT molecular complexity index is 314. The molecule has 0 spiro atoms. The highest BCUT2D eigenvalue weighted by Crippen LogP contribution is 2.14. The molecule has 0 radical (unpaired) electrons. The van der Waals surface area contributed by atoms with Gasteiger partial charge in [0.25, 0.3) is 0 Å². The third kappa shape index (κ3) is 5.80. The molecule has 2 rings (SSSR count). The quantitative estimate of drug-likeness (QED) is 0.742. The summed E-state index contributed by atoms with van der Waals surface area (Å²) in [5.74, 6) is 0.829. The van der Waals surface area contributed by atoms with Crippen LogP contribution in [0.25, 0.3) is 0 Å². The van der Waals surface area contributed by atoms with Crippen LogP contribution in [0.15, 0.2) is 25.3 Å². The summed E-state index contributed by atoms with van der Waals surface area (Å²) in [5.41, 5.74) is 0. The van der Waals surface area contributed by atoms with Crippen molar-refractivity contribution in [3.05, 3.63) is 25.3 Å². The molecular formula is C16H24O4. The molecule has 0 aliphatic carbocycles. The molecule has 0 amide bonds. The van der Waals surface area contributed by atoms with Gasteiger partial charge in [0.1, 0.15) is 11.6 Å². The number of ketones is 2. The fraction of sp³-hybridized carbons (Fsp3) is 0.625. The number of ether oxygens (including phenoxy) is 2. The van der Waals surface area contributed by atoms with E-state index in [1.54, 1.807) is 12.2 Å². The van der Waals surface area contributed by atoms with E-state index < -0.39 is 0 Å². The molecule has 0 bridgehead atoms. The van der Waals surface area contributed by atoms with Crippen LogP contribution < -0.4 is 0 Å². The van der Waals surface area contributed by atoms with Gasteiger partial charge >= 0.3 is 0 Å². The van der Waals surface area contributed by atoms with Gasteiger partial charge < -0.3 is 9.47 Å². The molecule has 4 heteroatoms. The Labute approximate surface area is 120 Å². The second kappa shape index (κ2) is 9.61. The van der Waals surface area contributed by atoms with Crippen LogP contribution in [0.2, 0.25) is 0 Å². The third-order valence-electron chi connectivity index (χ3n) is 3.44. The monoisotopic (exact) mass is 280 g/mol. The van der Waals surface area contributed by atoms with Gasteiger partial charge in [-0.1, -0.05) is 12.2 Å². The molecule has 2 fully saturated rings. The summed E-state index contributed by atoms with van der Waals surface area (Å²) in [6.07, 6.45) is 6.24. The van der Waals surface area contributed by atoms with Crippen molar-refractivity contribution in [2.75, 3.05) is 26.4 Å². The predicted octanol–water partition coefficient (Wildman–Crippen LogP) is 2.34. The highest BCUT2D eigenvalue weighted by atomic mass is 16.5. The van der Waals surface area contributed by atoms with Gasteiger partial charge in [0.05, 0.1) is 26.4 Å². The van der Waals surface area contributed by atoms with Gasteiger partial charge in [0.2, 0.25) is 0 Å². The Balaban J connectivity index is 0.000000200. The van der Waals surface area contributed by atoms with Gasteiger partial charge in [-0.25, -0.2) is 0 Å². The summed E-state index contributed by atoms with van der Waals surface area (Å²) >= 11 is 0. The number of hydrogen-bond donors (Lipinski definition) is 0. The summed E-state index contributed by atoms with van der Waals surface area (Å²) in [6.45, 7) is 9.55. The molecule has 0 aromatic heterocycles. The smallest absolute Gasteiger partial charge is 0.140 e. The lowest BCUT2D eigenvalue weighted by atomic mass is 9.97. The average molecular weight is 280 g/mol. The molecule has 2 atom stereocenters. The van der Waals surface area contributed by atoms with E-state index >= 15 is 0 Å². The summed E-state index contributed by atoms with van der Waals surface area (Å²) in [6, 6.07) is 0. The molecule has 2 aliphatic rings. The SMILES string of the molecule is C=CC[C@@H]1COCCC1=O.C=CC[C@H]1COCCC1=O. The first-order valence-electron chi connectivity index (χ1n) is 7.11. The molecular weight excluding hydrogens is 256 g/mol. The highest BCUT2D eigenvalue weighted by Gasteiger charge is 2.21. The molecule has 2 aliphatic heterocycles. The van der Waals surface area contributed by atoms with Gasteiger partial charge in [-0.15, -0.1) is 13.2 Å². The Morgan fingerprint density at radius 1 is 0.900 bits per heavy atom. The molecule has 0 aromatic carbocycles. The molecule has 20 heavy (non-hydrogen) atoms. The van der Waals surface area contributed by atoms with Crippen LogP contribution in [-0.4, -0.2) is 38.0 Å². The zero-order chi connectivity index (χ0) is 14.8. The minimum atomic E-state index is 0.0891. The van der Waals surface area contributed by atoms with Crippen LogP contribution in [-0.2, 0) is 19.1 Å². The van der Waals surface area contributed by atoms with Crippen molar-refractivity contribution in [2.24, 2.45) is 11.8 Å². The zero-order valence-corrected chi connectivity index (χ0v) is 12.0. The first-order chi connectivity index (χ1) is 9.69. The highest BCUT2D eigenvalue weighted by molar-refractivity contribution is 5.82. The van der Waals surface area contributed by atoms with Crippen molar-refractivity contribution in [3.8, 4) is 0 Å². The lowest BCUT2D eigenvalue weighted by Crippen LogP contribution is -2.26. The number of carbonyl (C=O) groups excluding carboxylic acids is 2. The molecule has 2 saturated heterocycles. The first kappa shape index (κ1) is 16.8. The van der Waals surface area contributed by atoms with Crippen molar-refractivity contribution >= 4 is 11.6 Å². The predicted molar refractivity (Wildman–Crippen MR) is 77.5 cm³/mol. The molecule has 2 heterocycles. The van der Waals surface area contributed by atoms with Crippen molar-refractivity contribution in [2.45, 2.75) is 25.7 Å². The molecule has 0 unspecified atom stereocenters. The van der Waals surface area contributed by atoms with Crippen molar-refractivity contribution in [3.63, 3.8) is 0 Å². The van der Waals surface area contributed by atoms with E-state index in [-0.39, 0.29) is 11.8 Å². The normalized spacial score (nSPS) is 26.4. The van der Waals surface area contributed by atoms with Gasteiger partial charge in [0.15, 0.2) is 0 Å². The van der Waals surface area contributed by atoms with Crippen molar-refractivity contribution < 1.29 is 19.1 Å². The first-order valence-corrected chi connectivity index (χ1v) is 7.11. The standard InChI is InChI=1S/2C8H12O2/c2*1-2-3-7-6-10-5-4-8(7)9/h2*2,7H,1,3-6H2/t2*7-/m10/s1. The van der Waals surface area contributed by atoms with E-state index in [1.807, 2.05) is 0 Å². The van der Waals surface area contributed by atoms with Gasteiger partial charge in [-0.05, 0) is 12.8 Å². The van der Waals surface area contributed by atoms with E-state index in [0.717, 1.165) is 12.8 Å². The summed E-state index contributed by atoms with van der Waals surface area (Å²) < 4.78 is 10.3. The third-order valence-corrected chi connectivity index (χ3v) is 3.44. The van der Waals surface area contributed by atoms with Crippen molar-refractivity contribution in [1.82, 2.24) is 0 Å². The van der Waals surface area contributed by atoms with E-state index in [2.05, 4.69) is 13.2 Å². The van der Waals surface area contributed by atoms with E-state index in [9.17, 15) is 9.59 Å². The Hall–Kier alpha value is -1.26. The fourth-order valence-electron chi connectivity index (χ4n) is 2.19. The summed E-state index contributed by atoms with van der Waals surface area (Å²) in [7, 11) is 0. The molecule has 4 nitrogen and oxygen atoms in total. The van der Waals surface area contributed by atoms with E-state index in [1.165, 1.54) is 0 Å². The minimum absolute atomic E-state index is 0.0891. The van der Waals surface area contributed by atoms with Crippen LogP contribution in [0.1, 0.15) is 25.7 Å². The minimum Gasteiger partial charge on any atom is -0.380 e. The number of carbonyl (C=O) groups is 2. The molecule has 0 saturated carbocycles. The van der Waals surface area contributed by atoms with Crippen LogP contribution in [0.3, 0.4) is 0 Å². The maximum absolute atomic E-state index is 11.1. The lowest BCUT2D eigenvalue weighted by molar-refractivity contribution is -0.131. The number of allylic oxidation sites excluding steroid dienone is 2. The lowest BCUT2D eigenvalue weighted by Gasteiger charge is -2.18. The zero-order valence-electron chi connectivity index (χ0n) is 12.0. The number of rotatable bonds is 4. The second-order valence-corrected chi connectivity index (χ2v) is 5.03.